The van der Waals surface area contributed by atoms with Gasteiger partial charge >= 0.3 is 0 Å². The standard InChI is InChI=1S/C25H38N4O7/c1-15(2)13-19(23(33)28-18(22(26)32)14-16-7-9-17(31)10-8-16)29-25(35)21-20(36-21)24(34)27-11-5-3-4-6-12-30/h7-10,15,18-21,30-31H,3-6,11-14H2,1-2H3,(H2,26,32)(H,27,34)(H,28,33)(H,29,35)/t18-,19-,20?,21-/m0/s1. The molecule has 1 fully saturated rings. The SMILES string of the molecule is CC(C)C[C@H](NC(=O)[C@H]1OC1C(=O)NCCCCCCO)C(=O)N[C@@H](Cc1ccc(O)cc1)C(N)=O. The lowest BCUT2D eigenvalue weighted by Crippen LogP contribution is -2.54. The summed E-state index contributed by atoms with van der Waals surface area (Å²) < 4.78 is 5.25. The Balaban J connectivity index is 1.89. The van der Waals surface area contributed by atoms with E-state index in [0.717, 1.165) is 25.7 Å². The van der Waals surface area contributed by atoms with E-state index in [1.165, 1.54) is 12.1 Å². The molecule has 0 saturated carbocycles. The number of aliphatic hydroxyl groups is 1. The highest BCUT2D eigenvalue weighted by Gasteiger charge is 2.50. The molecule has 1 saturated heterocycles. The Hall–Kier alpha value is -3.18. The highest BCUT2D eigenvalue weighted by Crippen LogP contribution is 2.23. The molecule has 36 heavy (non-hydrogen) atoms. The highest BCUT2D eigenvalue weighted by molar-refractivity contribution is 5.97. The molecule has 4 atom stereocenters. The van der Waals surface area contributed by atoms with Gasteiger partial charge in [0.05, 0.1) is 0 Å². The Labute approximate surface area is 211 Å². The smallest absolute Gasteiger partial charge is 0.253 e. The minimum Gasteiger partial charge on any atom is -0.508 e. The maximum Gasteiger partial charge on any atom is 0.253 e. The number of phenolic OH excluding ortho intramolecular Hbond substituents is 1. The van der Waals surface area contributed by atoms with Crippen LogP contribution in [-0.2, 0) is 30.3 Å². The number of carbonyl (C=O) groups is 4. The van der Waals surface area contributed by atoms with E-state index in [0.29, 0.717) is 18.5 Å². The van der Waals surface area contributed by atoms with Crippen LogP contribution in [0.2, 0.25) is 0 Å². The van der Waals surface area contributed by atoms with Crippen LogP contribution in [0.4, 0.5) is 0 Å². The third-order valence-corrected chi connectivity index (χ3v) is 5.77. The average Bonchev–Trinajstić information content (AvgIpc) is 3.62. The largest absolute Gasteiger partial charge is 0.508 e. The number of benzene rings is 1. The van der Waals surface area contributed by atoms with E-state index in [9.17, 15) is 24.3 Å². The summed E-state index contributed by atoms with van der Waals surface area (Å²) in [5, 5.41) is 26.2. The molecule has 0 bridgehead atoms. The van der Waals surface area contributed by atoms with Crippen molar-refractivity contribution in [2.45, 2.75) is 76.7 Å². The van der Waals surface area contributed by atoms with Gasteiger partial charge in [0.2, 0.25) is 11.8 Å². The summed E-state index contributed by atoms with van der Waals surface area (Å²) in [6, 6.07) is 4.22. The van der Waals surface area contributed by atoms with Gasteiger partial charge in [0.1, 0.15) is 17.8 Å². The fraction of sp³-hybridized carbons (Fsp3) is 0.600. The zero-order chi connectivity index (χ0) is 26.7. The molecule has 0 radical (unpaired) electrons. The second kappa shape index (κ2) is 14.4. The number of hydrogen-bond acceptors (Lipinski definition) is 7. The van der Waals surface area contributed by atoms with Crippen LogP contribution in [0.15, 0.2) is 24.3 Å². The summed E-state index contributed by atoms with van der Waals surface area (Å²) in [4.78, 5) is 49.8. The van der Waals surface area contributed by atoms with E-state index in [-0.39, 0.29) is 30.6 Å². The third kappa shape index (κ3) is 9.82. The number of carbonyl (C=O) groups excluding carboxylic acids is 4. The van der Waals surface area contributed by atoms with Crippen molar-refractivity contribution in [3.63, 3.8) is 0 Å². The van der Waals surface area contributed by atoms with E-state index < -0.39 is 42.0 Å². The number of hydrogen-bond donors (Lipinski definition) is 6. The van der Waals surface area contributed by atoms with Crippen molar-refractivity contribution >= 4 is 23.6 Å². The van der Waals surface area contributed by atoms with Gasteiger partial charge in [-0.15, -0.1) is 0 Å². The fourth-order valence-corrected chi connectivity index (χ4v) is 3.73. The van der Waals surface area contributed by atoms with Crippen LogP contribution in [0, 0.1) is 5.92 Å². The number of phenols is 1. The average molecular weight is 507 g/mol. The Bertz CT molecular complexity index is 891. The van der Waals surface area contributed by atoms with E-state index >= 15 is 0 Å². The molecule has 1 heterocycles. The van der Waals surface area contributed by atoms with Crippen molar-refractivity contribution in [1.29, 1.82) is 0 Å². The number of rotatable bonds is 16. The van der Waals surface area contributed by atoms with Gasteiger partial charge in [-0.25, -0.2) is 0 Å². The summed E-state index contributed by atoms with van der Waals surface area (Å²) in [6.07, 6.45) is 1.78. The van der Waals surface area contributed by atoms with Crippen LogP contribution in [-0.4, -0.2) is 71.3 Å². The Morgan fingerprint density at radius 2 is 1.58 bits per heavy atom. The molecule has 1 aliphatic heterocycles. The van der Waals surface area contributed by atoms with Crippen molar-refractivity contribution in [3.8, 4) is 5.75 Å². The van der Waals surface area contributed by atoms with Crippen LogP contribution in [0.25, 0.3) is 0 Å². The molecule has 0 aromatic heterocycles. The third-order valence-electron chi connectivity index (χ3n) is 5.77. The Morgan fingerprint density at radius 3 is 2.19 bits per heavy atom. The van der Waals surface area contributed by atoms with Gasteiger partial charge in [-0.05, 0) is 42.9 Å². The molecule has 2 rings (SSSR count). The molecule has 7 N–H and O–H groups in total. The van der Waals surface area contributed by atoms with Crippen LogP contribution in [0.3, 0.4) is 0 Å². The molecule has 1 aromatic rings. The van der Waals surface area contributed by atoms with Crippen LogP contribution >= 0.6 is 0 Å². The van der Waals surface area contributed by atoms with Gasteiger partial charge in [-0.3, -0.25) is 19.2 Å². The predicted octanol–water partition coefficient (Wildman–Crippen LogP) is -0.128. The molecular formula is C25H38N4O7. The maximum absolute atomic E-state index is 13.0. The highest BCUT2D eigenvalue weighted by atomic mass is 16.6. The van der Waals surface area contributed by atoms with Gasteiger partial charge in [-0.1, -0.05) is 38.8 Å². The topological polar surface area (TPSA) is 183 Å². The minimum absolute atomic E-state index is 0.0511. The molecule has 4 amide bonds. The lowest BCUT2D eigenvalue weighted by Gasteiger charge is -2.23. The number of nitrogens with one attached hydrogen (secondary N) is 3. The summed E-state index contributed by atoms with van der Waals surface area (Å²) in [7, 11) is 0. The number of nitrogens with two attached hydrogens (primary N) is 1. The van der Waals surface area contributed by atoms with Gasteiger partial charge in [0.25, 0.3) is 11.8 Å². The molecule has 11 nitrogen and oxygen atoms in total. The first-order valence-corrected chi connectivity index (χ1v) is 12.3. The Kier molecular flexibility index (Phi) is 11.6. The molecule has 11 heteroatoms. The molecule has 0 spiro atoms. The van der Waals surface area contributed by atoms with Gasteiger partial charge in [-0.2, -0.15) is 0 Å². The van der Waals surface area contributed by atoms with Crippen molar-refractivity contribution in [2.24, 2.45) is 11.7 Å². The zero-order valence-corrected chi connectivity index (χ0v) is 20.9. The summed E-state index contributed by atoms with van der Waals surface area (Å²) in [5.41, 5.74) is 6.17. The molecular weight excluding hydrogens is 468 g/mol. The van der Waals surface area contributed by atoms with Crippen LogP contribution < -0.4 is 21.7 Å². The lowest BCUT2D eigenvalue weighted by molar-refractivity contribution is -0.132. The number of primary amides is 1. The van der Waals surface area contributed by atoms with E-state index in [1.54, 1.807) is 12.1 Å². The normalized spacial score (nSPS) is 18.2. The van der Waals surface area contributed by atoms with Crippen molar-refractivity contribution in [3.05, 3.63) is 29.8 Å². The number of amides is 4. The molecule has 1 unspecified atom stereocenters. The van der Waals surface area contributed by atoms with Crippen molar-refractivity contribution in [1.82, 2.24) is 16.0 Å². The van der Waals surface area contributed by atoms with Gasteiger partial charge in [0.15, 0.2) is 12.2 Å². The van der Waals surface area contributed by atoms with Gasteiger partial charge < -0.3 is 36.6 Å². The Morgan fingerprint density at radius 1 is 0.944 bits per heavy atom. The lowest BCUT2D eigenvalue weighted by atomic mass is 10.0. The van der Waals surface area contributed by atoms with E-state index in [4.69, 9.17) is 15.6 Å². The first-order valence-electron chi connectivity index (χ1n) is 12.3. The maximum atomic E-state index is 13.0. The minimum atomic E-state index is -1.01. The number of aliphatic hydroxyl groups excluding tert-OH is 1. The molecule has 1 aromatic carbocycles. The predicted molar refractivity (Wildman–Crippen MR) is 132 cm³/mol. The van der Waals surface area contributed by atoms with Gasteiger partial charge in [0, 0.05) is 19.6 Å². The van der Waals surface area contributed by atoms with E-state index in [1.807, 2.05) is 13.8 Å². The second-order valence-corrected chi connectivity index (χ2v) is 9.43. The van der Waals surface area contributed by atoms with Crippen LogP contribution in [0.5, 0.6) is 5.75 Å². The number of epoxide rings is 1. The zero-order valence-electron chi connectivity index (χ0n) is 20.9. The van der Waals surface area contributed by atoms with Crippen LogP contribution in [0.1, 0.15) is 51.5 Å². The second-order valence-electron chi connectivity index (χ2n) is 9.43. The molecule has 1 aliphatic rings. The first-order chi connectivity index (χ1) is 17.1. The monoisotopic (exact) mass is 506 g/mol. The molecule has 0 aliphatic carbocycles. The molecule has 200 valence electrons. The number of unbranched alkanes of at least 4 members (excludes halogenated alkanes) is 3. The van der Waals surface area contributed by atoms with Crippen molar-refractivity contribution < 1.29 is 34.1 Å². The summed E-state index contributed by atoms with van der Waals surface area (Å²) in [5.74, 6) is -2.13. The summed E-state index contributed by atoms with van der Waals surface area (Å²) in [6.45, 7) is 4.38. The van der Waals surface area contributed by atoms with E-state index in [2.05, 4.69) is 16.0 Å². The quantitative estimate of drug-likeness (QED) is 0.133. The number of ether oxygens (including phenoxy) is 1. The van der Waals surface area contributed by atoms with Crippen molar-refractivity contribution in [2.75, 3.05) is 13.2 Å². The number of aromatic hydroxyl groups is 1. The summed E-state index contributed by atoms with van der Waals surface area (Å²) >= 11 is 0. The first kappa shape index (κ1) is 29.1. The fourth-order valence-electron chi connectivity index (χ4n) is 3.73.